The maximum atomic E-state index is 12.2. The first-order chi connectivity index (χ1) is 8.14. The first-order valence-corrected chi connectivity index (χ1v) is 7.39. The Labute approximate surface area is 102 Å². The van der Waals surface area contributed by atoms with Crippen molar-refractivity contribution in [2.45, 2.75) is 30.0 Å². The molecule has 0 amide bonds. The third-order valence-electron chi connectivity index (χ3n) is 2.85. The van der Waals surface area contributed by atoms with Crippen LogP contribution in [0.15, 0.2) is 29.2 Å². The van der Waals surface area contributed by atoms with E-state index in [2.05, 4.69) is 5.32 Å². The van der Waals surface area contributed by atoms with E-state index in [1.54, 1.807) is 24.3 Å². The van der Waals surface area contributed by atoms with Crippen LogP contribution in [0.25, 0.3) is 0 Å². The largest absolute Gasteiger partial charge is 0.494 e. The Balaban J connectivity index is 2.21. The highest BCUT2D eigenvalue weighted by atomic mass is 32.2. The molecule has 1 fully saturated rings. The highest BCUT2D eigenvalue weighted by Crippen LogP contribution is 2.23. The molecule has 0 bridgehead atoms. The molecular formula is C12H17NO3S. The second kappa shape index (κ2) is 5.06. The molecule has 1 saturated heterocycles. The van der Waals surface area contributed by atoms with Gasteiger partial charge >= 0.3 is 0 Å². The third kappa shape index (κ3) is 2.61. The van der Waals surface area contributed by atoms with Gasteiger partial charge in [0.1, 0.15) is 11.1 Å². The monoisotopic (exact) mass is 255 g/mol. The van der Waals surface area contributed by atoms with Crippen LogP contribution in [-0.2, 0) is 9.84 Å². The summed E-state index contributed by atoms with van der Waals surface area (Å²) in [7, 11) is -3.24. The van der Waals surface area contributed by atoms with Gasteiger partial charge in [-0.3, -0.25) is 0 Å². The molecule has 1 aromatic carbocycles. The molecule has 17 heavy (non-hydrogen) atoms. The lowest BCUT2D eigenvalue weighted by atomic mass is 10.3. The second-order valence-electron chi connectivity index (χ2n) is 4.03. The summed E-state index contributed by atoms with van der Waals surface area (Å²) >= 11 is 0. The molecule has 0 aromatic heterocycles. The highest BCUT2D eigenvalue weighted by Gasteiger charge is 2.29. The first kappa shape index (κ1) is 12.4. The van der Waals surface area contributed by atoms with Crippen LogP contribution in [-0.4, -0.2) is 26.9 Å². The predicted molar refractivity (Wildman–Crippen MR) is 65.8 cm³/mol. The van der Waals surface area contributed by atoms with Gasteiger partial charge in [-0.25, -0.2) is 8.42 Å². The van der Waals surface area contributed by atoms with Crippen LogP contribution in [0.4, 0.5) is 0 Å². The van der Waals surface area contributed by atoms with Crippen LogP contribution in [0, 0.1) is 0 Å². The van der Waals surface area contributed by atoms with Crippen molar-refractivity contribution < 1.29 is 13.2 Å². The van der Waals surface area contributed by atoms with E-state index in [9.17, 15) is 8.42 Å². The quantitative estimate of drug-likeness (QED) is 0.887. The van der Waals surface area contributed by atoms with Crippen molar-refractivity contribution in [1.82, 2.24) is 5.32 Å². The van der Waals surface area contributed by atoms with Crippen LogP contribution in [0.5, 0.6) is 5.75 Å². The van der Waals surface area contributed by atoms with Gasteiger partial charge < -0.3 is 10.1 Å². The van der Waals surface area contributed by atoms with E-state index in [4.69, 9.17) is 4.74 Å². The average Bonchev–Trinajstić information content (AvgIpc) is 2.84. The molecule has 1 heterocycles. The highest BCUT2D eigenvalue weighted by molar-refractivity contribution is 7.92. The van der Waals surface area contributed by atoms with Crippen molar-refractivity contribution in [3.63, 3.8) is 0 Å². The number of ether oxygens (including phenoxy) is 1. The molecule has 0 aliphatic carbocycles. The zero-order chi connectivity index (χ0) is 12.3. The molecular weight excluding hydrogens is 238 g/mol. The molecule has 2 rings (SSSR count). The van der Waals surface area contributed by atoms with E-state index in [1.807, 2.05) is 6.92 Å². The Morgan fingerprint density at radius 2 is 2.06 bits per heavy atom. The van der Waals surface area contributed by atoms with E-state index in [-0.39, 0.29) is 0 Å². The summed E-state index contributed by atoms with van der Waals surface area (Å²) in [5.41, 5.74) is 0. The first-order valence-electron chi connectivity index (χ1n) is 5.84. The van der Waals surface area contributed by atoms with Crippen LogP contribution >= 0.6 is 0 Å². The zero-order valence-electron chi connectivity index (χ0n) is 9.85. The van der Waals surface area contributed by atoms with Gasteiger partial charge in [0, 0.05) is 0 Å². The Morgan fingerprint density at radius 1 is 1.35 bits per heavy atom. The summed E-state index contributed by atoms with van der Waals surface area (Å²) < 4.78 is 29.7. The van der Waals surface area contributed by atoms with Gasteiger partial charge in [-0.05, 0) is 50.6 Å². The molecule has 0 spiro atoms. The summed E-state index contributed by atoms with van der Waals surface area (Å²) in [5, 5.41) is 2.59. The van der Waals surface area contributed by atoms with Gasteiger partial charge in [-0.1, -0.05) is 0 Å². The molecule has 1 unspecified atom stereocenters. The van der Waals surface area contributed by atoms with E-state index in [1.165, 1.54) is 0 Å². The fourth-order valence-electron chi connectivity index (χ4n) is 1.97. The predicted octanol–water partition coefficient (Wildman–Crippen LogP) is 1.57. The van der Waals surface area contributed by atoms with Crippen LogP contribution in [0.1, 0.15) is 19.8 Å². The summed E-state index contributed by atoms with van der Waals surface area (Å²) in [6, 6.07) is 6.62. The van der Waals surface area contributed by atoms with Gasteiger partial charge in [0.15, 0.2) is 9.84 Å². The molecule has 5 heteroatoms. The smallest absolute Gasteiger partial charge is 0.194 e. The normalized spacial score (nSPS) is 20.4. The topological polar surface area (TPSA) is 55.4 Å². The summed E-state index contributed by atoms with van der Waals surface area (Å²) in [6.45, 7) is 3.25. The molecule has 1 aromatic rings. The molecule has 1 N–H and O–H groups in total. The fraction of sp³-hybridized carbons (Fsp3) is 0.500. The SMILES string of the molecule is CCOc1ccc(S(=O)(=O)C2CCCN2)cc1. The van der Waals surface area contributed by atoms with E-state index in [0.29, 0.717) is 23.7 Å². The summed E-state index contributed by atoms with van der Waals surface area (Å²) in [6.07, 6.45) is 1.61. The maximum absolute atomic E-state index is 12.2. The van der Waals surface area contributed by atoms with Crippen LogP contribution < -0.4 is 10.1 Å². The number of hydrogen-bond donors (Lipinski definition) is 1. The van der Waals surface area contributed by atoms with Gasteiger partial charge in [0.05, 0.1) is 11.5 Å². The maximum Gasteiger partial charge on any atom is 0.194 e. The lowest BCUT2D eigenvalue weighted by Gasteiger charge is -2.12. The molecule has 0 radical (unpaired) electrons. The minimum atomic E-state index is -3.24. The molecule has 1 aliphatic heterocycles. The van der Waals surface area contributed by atoms with Crippen LogP contribution in [0.3, 0.4) is 0 Å². The second-order valence-corrected chi connectivity index (χ2v) is 6.16. The molecule has 1 atom stereocenters. The van der Waals surface area contributed by atoms with E-state index >= 15 is 0 Å². The van der Waals surface area contributed by atoms with Crippen molar-refractivity contribution in [2.24, 2.45) is 0 Å². The minimum absolute atomic E-state index is 0.361. The lowest BCUT2D eigenvalue weighted by Crippen LogP contribution is -2.30. The zero-order valence-corrected chi connectivity index (χ0v) is 10.7. The standard InChI is InChI=1S/C12H17NO3S/c1-2-16-10-5-7-11(8-6-10)17(14,15)12-4-3-9-13-12/h5-8,12-13H,2-4,9H2,1H3. The van der Waals surface area contributed by atoms with Gasteiger partial charge in [-0.15, -0.1) is 0 Å². The molecule has 0 saturated carbocycles. The van der Waals surface area contributed by atoms with Gasteiger partial charge in [0.2, 0.25) is 0 Å². The van der Waals surface area contributed by atoms with Crippen molar-refractivity contribution in [1.29, 1.82) is 0 Å². The number of sulfone groups is 1. The summed E-state index contributed by atoms with van der Waals surface area (Å²) in [5.74, 6) is 0.700. The minimum Gasteiger partial charge on any atom is -0.494 e. The fourth-order valence-corrected chi connectivity index (χ4v) is 3.63. The number of nitrogens with one attached hydrogen (secondary N) is 1. The van der Waals surface area contributed by atoms with Crippen molar-refractivity contribution in [3.8, 4) is 5.75 Å². The van der Waals surface area contributed by atoms with Crippen molar-refractivity contribution >= 4 is 9.84 Å². The Bertz CT molecular complexity index is 461. The van der Waals surface area contributed by atoms with E-state index < -0.39 is 15.2 Å². The van der Waals surface area contributed by atoms with Crippen molar-refractivity contribution in [3.05, 3.63) is 24.3 Å². The Hall–Kier alpha value is -1.07. The average molecular weight is 255 g/mol. The van der Waals surface area contributed by atoms with Crippen molar-refractivity contribution in [2.75, 3.05) is 13.2 Å². The number of hydrogen-bond acceptors (Lipinski definition) is 4. The van der Waals surface area contributed by atoms with E-state index in [0.717, 1.165) is 13.0 Å². The third-order valence-corrected chi connectivity index (χ3v) is 4.93. The van der Waals surface area contributed by atoms with Gasteiger partial charge in [0.25, 0.3) is 0 Å². The Kier molecular flexibility index (Phi) is 3.69. The van der Waals surface area contributed by atoms with Crippen LogP contribution in [0.2, 0.25) is 0 Å². The molecule has 4 nitrogen and oxygen atoms in total. The molecule has 94 valence electrons. The Morgan fingerprint density at radius 3 is 2.59 bits per heavy atom. The summed E-state index contributed by atoms with van der Waals surface area (Å²) in [4.78, 5) is 0.361. The molecule has 1 aliphatic rings. The number of rotatable bonds is 4. The lowest BCUT2D eigenvalue weighted by molar-refractivity contribution is 0.340. The number of benzene rings is 1. The van der Waals surface area contributed by atoms with Gasteiger partial charge in [-0.2, -0.15) is 0 Å².